The molecule has 0 saturated heterocycles. The molecule has 1 N–H and O–H groups in total. The summed E-state index contributed by atoms with van der Waals surface area (Å²) in [6.07, 6.45) is 1.50. The van der Waals surface area contributed by atoms with E-state index in [9.17, 15) is 4.79 Å². The Morgan fingerprint density at radius 2 is 1.94 bits per heavy atom. The third-order valence-electron chi connectivity index (χ3n) is 2.21. The average molecular weight is 245 g/mol. The lowest BCUT2D eigenvalue weighted by atomic mass is 10.2. The van der Waals surface area contributed by atoms with Gasteiger partial charge in [-0.05, 0) is 17.7 Å². The van der Waals surface area contributed by atoms with Crippen LogP contribution in [-0.4, -0.2) is 16.1 Å². The predicted octanol–water partition coefficient (Wildman–Crippen LogP) is 3.07. The molecule has 0 atom stereocenters. The van der Waals surface area contributed by atoms with Crippen LogP contribution >= 0.6 is 11.8 Å². The van der Waals surface area contributed by atoms with Gasteiger partial charge in [0, 0.05) is 16.8 Å². The molecule has 0 unspecified atom stereocenters. The normalized spacial score (nSPS) is 10.1. The lowest BCUT2D eigenvalue weighted by Gasteiger charge is -2.04. The number of hydrogen-bond donors (Lipinski definition) is 1. The molecule has 0 aliphatic rings. The zero-order valence-electron chi connectivity index (χ0n) is 9.04. The quantitative estimate of drug-likeness (QED) is 0.841. The zero-order chi connectivity index (χ0) is 12.1. The highest BCUT2D eigenvalue weighted by Crippen LogP contribution is 2.24. The van der Waals surface area contributed by atoms with Crippen LogP contribution in [0.2, 0.25) is 0 Å². The summed E-state index contributed by atoms with van der Waals surface area (Å²) in [7, 11) is 0. The Bertz CT molecular complexity index is 514. The van der Waals surface area contributed by atoms with Crippen LogP contribution in [0.5, 0.6) is 0 Å². The van der Waals surface area contributed by atoms with Crippen molar-refractivity contribution in [3.63, 3.8) is 0 Å². The fourth-order valence-electron chi connectivity index (χ4n) is 1.40. The van der Waals surface area contributed by atoms with Gasteiger partial charge in [-0.2, -0.15) is 0 Å². The summed E-state index contributed by atoms with van der Waals surface area (Å²) >= 11 is 1.49. The molecular weight excluding hydrogens is 234 g/mol. The molecule has 2 aromatic rings. The number of rotatable bonds is 4. The zero-order valence-corrected chi connectivity index (χ0v) is 9.85. The number of carboxylic acid groups (broad SMARTS) is 1. The van der Waals surface area contributed by atoms with Crippen molar-refractivity contribution in [2.45, 2.75) is 10.6 Å². The first-order valence-corrected chi connectivity index (χ1v) is 6.11. The summed E-state index contributed by atoms with van der Waals surface area (Å²) in [6.45, 7) is 0. The number of carbonyl (C=O) groups is 1. The van der Waals surface area contributed by atoms with Gasteiger partial charge in [-0.15, -0.1) is 11.8 Å². The third kappa shape index (κ3) is 3.07. The minimum atomic E-state index is -0.985. The van der Waals surface area contributed by atoms with Crippen molar-refractivity contribution in [1.29, 1.82) is 0 Å². The molecule has 0 amide bonds. The summed E-state index contributed by atoms with van der Waals surface area (Å²) in [5, 5.41) is 8.99. The molecule has 3 nitrogen and oxygen atoms in total. The molecule has 0 radical (unpaired) electrons. The Balaban J connectivity index is 2.12. The van der Waals surface area contributed by atoms with E-state index in [1.165, 1.54) is 18.0 Å². The largest absolute Gasteiger partial charge is 0.476 e. The van der Waals surface area contributed by atoms with Crippen molar-refractivity contribution in [2.75, 3.05) is 0 Å². The van der Waals surface area contributed by atoms with Crippen molar-refractivity contribution in [2.24, 2.45) is 0 Å². The third-order valence-corrected chi connectivity index (χ3v) is 3.33. The highest BCUT2D eigenvalue weighted by molar-refractivity contribution is 7.98. The second-order valence-electron chi connectivity index (χ2n) is 3.43. The summed E-state index contributed by atoms with van der Waals surface area (Å²) in [5.41, 5.74) is 1.28. The molecule has 0 spiro atoms. The van der Waals surface area contributed by atoms with Gasteiger partial charge in [0.1, 0.15) is 0 Å². The van der Waals surface area contributed by atoms with Crippen LogP contribution < -0.4 is 0 Å². The second-order valence-corrected chi connectivity index (χ2v) is 4.45. The van der Waals surface area contributed by atoms with E-state index in [0.717, 1.165) is 11.3 Å². The molecule has 86 valence electrons. The van der Waals surface area contributed by atoms with Gasteiger partial charge in [0.25, 0.3) is 0 Å². The van der Waals surface area contributed by atoms with Gasteiger partial charge in [0.05, 0.1) is 0 Å². The number of aromatic carboxylic acids is 1. The maximum Gasteiger partial charge on any atom is 0.355 e. The Labute approximate surface area is 104 Å². The first-order chi connectivity index (χ1) is 8.27. The van der Waals surface area contributed by atoms with Crippen LogP contribution in [0.1, 0.15) is 16.1 Å². The Hall–Kier alpha value is -1.81. The molecule has 1 aromatic heterocycles. The Morgan fingerprint density at radius 1 is 1.18 bits per heavy atom. The number of thioether (sulfide) groups is 1. The Morgan fingerprint density at radius 3 is 2.65 bits per heavy atom. The SMILES string of the molecule is O=C(O)c1ncccc1SCc1ccccc1. The topological polar surface area (TPSA) is 50.2 Å². The van der Waals surface area contributed by atoms with E-state index in [4.69, 9.17) is 5.11 Å². The summed E-state index contributed by atoms with van der Waals surface area (Å²) in [4.78, 5) is 15.5. The van der Waals surface area contributed by atoms with Gasteiger partial charge in [-0.25, -0.2) is 9.78 Å². The maximum absolute atomic E-state index is 11.0. The molecule has 4 heteroatoms. The van der Waals surface area contributed by atoms with Crippen LogP contribution in [0.3, 0.4) is 0 Å². The molecule has 0 fully saturated rings. The smallest absolute Gasteiger partial charge is 0.355 e. The number of pyridine rings is 1. The summed E-state index contributed by atoms with van der Waals surface area (Å²) in [6, 6.07) is 13.5. The summed E-state index contributed by atoms with van der Waals surface area (Å²) < 4.78 is 0. The average Bonchev–Trinajstić information content (AvgIpc) is 2.38. The van der Waals surface area contributed by atoms with Crippen molar-refractivity contribution < 1.29 is 9.90 Å². The van der Waals surface area contributed by atoms with E-state index in [0.29, 0.717) is 4.90 Å². The van der Waals surface area contributed by atoms with Crippen LogP contribution in [0.4, 0.5) is 0 Å². The molecule has 0 aliphatic heterocycles. The monoisotopic (exact) mass is 245 g/mol. The Kier molecular flexibility index (Phi) is 3.77. The van der Waals surface area contributed by atoms with Gasteiger partial charge in [0.2, 0.25) is 0 Å². The number of hydrogen-bond acceptors (Lipinski definition) is 3. The van der Waals surface area contributed by atoms with Crippen molar-refractivity contribution in [3.05, 3.63) is 59.9 Å². The van der Waals surface area contributed by atoms with Crippen molar-refractivity contribution >= 4 is 17.7 Å². The predicted molar refractivity (Wildman–Crippen MR) is 67.2 cm³/mol. The van der Waals surface area contributed by atoms with E-state index in [-0.39, 0.29) is 5.69 Å². The van der Waals surface area contributed by atoms with Gasteiger partial charge in [0.15, 0.2) is 5.69 Å². The van der Waals surface area contributed by atoms with Crippen molar-refractivity contribution in [1.82, 2.24) is 4.98 Å². The van der Waals surface area contributed by atoms with Crippen LogP contribution in [0.15, 0.2) is 53.6 Å². The van der Waals surface area contributed by atoms with Crippen LogP contribution in [-0.2, 0) is 5.75 Å². The molecule has 17 heavy (non-hydrogen) atoms. The van der Waals surface area contributed by atoms with Gasteiger partial charge >= 0.3 is 5.97 Å². The first-order valence-electron chi connectivity index (χ1n) is 5.12. The van der Waals surface area contributed by atoms with E-state index in [2.05, 4.69) is 4.98 Å². The molecule has 1 aromatic carbocycles. The number of carboxylic acids is 1. The molecule has 0 bridgehead atoms. The maximum atomic E-state index is 11.0. The second kappa shape index (κ2) is 5.50. The first kappa shape index (κ1) is 11.7. The molecular formula is C13H11NO2S. The van der Waals surface area contributed by atoms with Gasteiger partial charge in [-0.3, -0.25) is 0 Å². The minimum Gasteiger partial charge on any atom is -0.476 e. The van der Waals surface area contributed by atoms with Gasteiger partial charge < -0.3 is 5.11 Å². The summed E-state index contributed by atoms with van der Waals surface area (Å²) in [5.74, 6) is -0.242. The number of nitrogens with zero attached hydrogens (tertiary/aromatic N) is 1. The minimum absolute atomic E-state index is 0.119. The fraction of sp³-hybridized carbons (Fsp3) is 0.0769. The van der Waals surface area contributed by atoms with Crippen molar-refractivity contribution in [3.8, 4) is 0 Å². The molecule has 1 heterocycles. The highest BCUT2D eigenvalue weighted by Gasteiger charge is 2.10. The number of aromatic nitrogens is 1. The van der Waals surface area contributed by atoms with E-state index in [1.807, 2.05) is 30.3 Å². The van der Waals surface area contributed by atoms with E-state index < -0.39 is 5.97 Å². The molecule has 0 aliphatic carbocycles. The van der Waals surface area contributed by atoms with Crippen LogP contribution in [0.25, 0.3) is 0 Å². The van der Waals surface area contributed by atoms with E-state index >= 15 is 0 Å². The standard InChI is InChI=1S/C13H11NO2S/c15-13(16)12-11(7-4-8-14-12)17-9-10-5-2-1-3-6-10/h1-8H,9H2,(H,15,16). The lowest BCUT2D eigenvalue weighted by Crippen LogP contribution is -2.01. The van der Waals surface area contributed by atoms with Crippen LogP contribution in [0, 0.1) is 0 Å². The van der Waals surface area contributed by atoms with E-state index in [1.54, 1.807) is 12.1 Å². The number of benzene rings is 1. The molecule has 2 rings (SSSR count). The fourth-order valence-corrected chi connectivity index (χ4v) is 2.37. The lowest BCUT2D eigenvalue weighted by molar-refractivity contribution is 0.0686. The van der Waals surface area contributed by atoms with Gasteiger partial charge in [-0.1, -0.05) is 30.3 Å². The highest BCUT2D eigenvalue weighted by atomic mass is 32.2. The molecule has 0 saturated carbocycles.